The minimum absolute atomic E-state index is 0.0700. The van der Waals surface area contributed by atoms with Gasteiger partial charge in [-0.2, -0.15) is 0 Å². The predicted octanol–water partition coefficient (Wildman–Crippen LogP) is 9.25. The van der Waals surface area contributed by atoms with Crippen LogP contribution in [-0.2, 0) is 25.7 Å². The van der Waals surface area contributed by atoms with Gasteiger partial charge in [0.25, 0.3) is 0 Å². The van der Waals surface area contributed by atoms with Crippen LogP contribution in [0.2, 0.25) is 0 Å². The van der Waals surface area contributed by atoms with Gasteiger partial charge in [-0.25, -0.2) is 9.59 Å². The molecule has 4 heteroatoms. The lowest BCUT2D eigenvalue weighted by Crippen LogP contribution is -2.19. The number of hydrogen-bond donors (Lipinski definition) is 0. The average Bonchev–Trinajstić information content (AvgIpc) is 3.33. The Morgan fingerprint density at radius 2 is 1.24 bits per heavy atom. The Morgan fingerprint density at radius 3 is 1.89 bits per heavy atom. The number of carbonyl (C=O) groups excluding carboxylic acids is 2. The van der Waals surface area contributed by atoms with E-state index in [4.69, 9.17) is 9.47 Å². The first-order chi connectivity index (χ1) is 22.4. The van der Waals surface area contributed by atoms with Crippen molar-refractivity contribution >= 4 is 24.1 Å². The number of carbonyl (C=O) groups is 2. The van der Waals surface area contributed by atoms with Crippen LogP contribution in [0.3, 0.4) is 0 Å². The maximum atomic E-state index is 13.8. The summed E-state index contributed by atoms with van der Waals surface area (Å²) in [4.78, 5) is 27.5. The molecule has 0 N–H and O–H groups in total. The number of methoxy groups -OCH3 is 1. The van der Waals surface area contributed by atoms with E-state index in [9.17, 15) is 9.59 Å². The smallest absolute Gasteiger partial charge is 0.339 e. The van der Waals surface area contributed by atoms with Gasteiger partial charge in [0.1, 0.15) is 6.61 Å². The summed E-state index contributed by atoms with van der Waals surface area (Å²) < 4.78 is 11.1. The Balaban J connectivity index is 1.67. The minimum Gasteiger partial charge on any atom is -0.465 e. The number of fused-ring (bicyclic) bond motifs is 1. The third-order valence-corrected chi connectivity index (χ3v) is 7.55. The first kappa shape index (κ1) is 31.7. The van der Waals surface area contributed by atoms with Crippen molar-refractivity contribution in [1.82, 2.24) is 0 Å². The molecule has 0 unspecified atom stereocenters. The zero-order valence-corrected chi connectivity index (χ0v) is 26.3. The molecule has 2 aliphatic rings. The second kappa shape index (κ2) is 15.3. The Bertz CT molecular complexity index is 1870. The Hall–Kier alpha value is -5.74. The second-order valence-corrected chi connectivity index (χ2v) is 10.9. The molecule has 0 amide bonds. The molecule has 0 bridgehead atoms. The molecule has 0 aromatic heterocycles. The number of hydrogen-bond acceptors (Lipinski definition) is 4. The highest BCUT2D eigenvalue weighted by Crippen LogP contribution is 2.41. The van der Waals surface area contributed by atoms with Gasteiger partial charge in [-0.15, -0.1) is 0 Å². The first-order valence-corrected chi connectivity index (χ1v) is 15.2. The lowest BCUT2D eigenvalue weighted by atomic mass is 9.85. The summed E-state index contributed by atoms with van der Waals surface area (Å²) in [6, 6.07) is 29.5. The van der Waals surface area contributed by atoms with E-state index in [1.54, 1.807) is 6.08 Å². The lowest BCUT2D eigenvalue weighted by molar-refractivity contribution is -0.142. The SMILES string of the molecule is COC(=O)C1=C2C(/C=C/C=C/c3ccccc3)=CC(C)=CC(C)=C2C(/C=C/c2ccccc2)=CC=C1C(=O)OCc1ccccc1. The third kappa shape index (κ3) is 7.85. The molecule has 0 fully saturated rings. The van der Waals surface area contributed by atoms with Gasteiger partial charge < -0.3 is 9.47 Å². The van der Waals surface area contributed by atoms with Crippen LogP contribution in [0, 0.1) is 0 Å². The highest BCUT2D eigenvalue weighted by molar-refractivity contribution is 6.10. The molecule has 0 aliphatic heterocycles. The summed E-state index contributed by atoms with van der Waals surface area (Å²) in [7, 11) is 1.33. The van der Waals surface area contributed by atoms with Crippen LogP contribution < -0.4 is 0 Å². The molecular weight excluding hydrogens is 568 g/mol. The largest absolute Gasteiger partial charge is 0.465 e. The fraction of sp³-hybridized carbons (Fsp3) is 0.0952. The molecular formula is C42H36O4. The Labute approximate surface area is 271 Å². The van der Waals surface area contributed by atoms with E-state index in [1.807, 2.05) is 153 Å². The summed E-state index contributed by atoms with van der Waals surface area (Å²) in [5.74, 6) is -1.23. The molecule has 0 atom stereocenters. The fourth-order valence-corrected chi connectivity index (χ4v) is 5.43. The Morgan fingerprint density at radius 1 is 0.630 bits per heavy atom. The maximum absolute atomic E-state index is 13.8. The van der Waals surface area contributed by atoms with Crippen LogP contribution in [0.25, 0.3) is 12.2 Å². The van der Waals surface area contributed by atoms with Gasteiger partial charge in [-0.05, 0) is 58.9 Å². The molecule has 2 aliphatic carbocycles. The van der Waals surface area contributed by atoms with Gasteiger partial charge >= 0.3 is 11.9 Å². The van der Waals surface area contributed by atoms with Crippen LogP contribution >= 0.6 is 0 Å². The van der Waals surface area contributed by atoms with Gasteiger partial charge in [-0.1, -0.05) is 151 Å². The molecule has 0 spiro atoms. The van der Waals surface area contributed by atoms with Crippen molar-refractivity contribution in [2.45, 2.75) is 20.5 Å². The molecule has 0 saturated carbocycles. The summed E-state index contributed by atoms with van der Waals surface area (Å²) in [5.41, 5.74) is 8.22. The van der Waals surface area contributed by atoms with Gasteiger partial charge in [0, 0.05) is 5.57 Å². The monoisotopic (exact) mass is 604 g/mol. The van der Waals surface area contributed by atoms with E-state index in [1.165, 1.54) is 7.11 Å². The van der Waals surface area contributed by atoms with E-state index in [0.29, 0.717) is 5.57 Å². The molecule has 4 nitrogen and oxygen atoms in total. The molecule has 3 aromatic carbocycles. The highest BCUT2D eigenvalue weighted by atomic mass is 16.5. The molecule has 5 rings (SSSR count). The summed E-state index contributed by atoms with van der Waals surface area (Å²) in [6.07, 6.45) is 19.6. The number of benzene rings is 3. The van der Waals surface area contributed by atoms with Crippen molar-refractivity contribution in [2.24, 2.45) is 0 Å². The summed E-state index contributed by atoms with van der Waals surface area (Å²) in [6.45, 7) is 4.11. The van der Waals surface area contributed by atoms with Gasteiger partial charge in [0.05, 0.1) is 18.3 Å². The molecule has 0 heterocycles. The molecule has 0 radical (unpaired) electrons. The number of esters is 2. The number of ether oxygens (including phenoxy) is 2. The van der Waals surface area contributed by atoms with E-state index >= 15 is 0 Å². The number of allylic oxidation sites excluding steroid dienone is 14. The zero-order chi connectivity index (χ0) is 32.3. The lowest BCUT2D eigenvalue weighted by Gasteiger charge is -2.19. The fourth-order valence-electron chi connectivity index (χ4n) is 5.43. The van der Waals surface area contributed by atoms with E-state index in [0.717, 1.165) is 44.6 Å². The molecule has 0 saturated heterocycles. The molecule has 3 aromatic rings. The van der Waals surface area contributed by atoms with Gasteiger partial charge in [0.15, 0.2) is 0 Å². The van der Waals surface area contributed by atoms with E-state index in [2.05, 4.69) is 6.08 Å². The third-order valence-electron chi connectivity index (χ3n) is 7.55. The van der Waals surface area contributed by atoms with Crippen LogP contribution in [0.4, 0.5) is 0 Å². The van der Waals surface area contributed by atoms with Gasteiger partial charge in [0.2, 0.25) is 0 Å². The standard InChI is InChI=1S/C42H36O4/c1-30-27-31(2)38-35(24-23-33-17-9-5-10-18-33)25-26-37(41(43)46-29-34-20-11-6-12-21-34)40(42(44)45-3)39(38)36(28-30)22-14-13-19-32-15-7-4-8-16-32/h4-28H,29H2,1-3H3/b19-13+,22-14+,24-23+. The van der Waals surface area contributed by atoms with Crippen molar-refractivity contribution in [2.75, 3.05) is 7.11 Å². The first-order valence-electron chi connectivity index (χ1n) is 15.2. The normalized spacial score (nSPS) is 15.2. The van der Waals surface area contributed by atoms with Crippen LogP contribution in [0.5, 0.6) is 0 Å². The molecule has 46 heavy (non-hydrogen) atoms. The van der Waals surface area contributed by atoms with Crippen molar-refractivity contribution in [3.05, 3.63) is 201 Å². The summed E-state index contributed by atoms with van der Waals surface area (Å²) in [5, 5.41) is 0. The predicted molar refractivity (Wildman–Crippen MR) is 186 cm³/mol. The van der Waals surface area contributed by atoms with Crippen molar-refractivity contribution < 1.29 is 19.1 Å². The van der Waals surface area contributed by atoms with E-state index in [-0.39, 0.29) is 17.8 Å². The van der Waals surface area contributed by atoms with Crippen molar-refractivity contribution in [3.8, 4) is 0 Å². The molecule has 228 valence electrons. The number of rotatable bonds is 9. The summed E-state index contributed by atoms with van der Waals surface area (Å²) >= 11 is 0. The quantitative estimate of drug-likeness (QED) is 0.180. The van der Waals surface area contributed by atoms with Crippen LogP contribution in [0.1, 0.15) is 30.5 Å². The maximum Gasteiger partial charge on any atom is 0.339 e. The van der Waals surface area contributed by atoms with Gasteiger partial charge in [-0.3, -0.25) is 0 Å². The highest BCUT2D eigenvalue weighted by Gasteiger charge is 2.32. The average molecular weight is 605 g/mol. The minimum atomic E-state index is -0.622. The zero-order valence-electron chi connectivity index (χ0n) is 26.3. The van der Waals surface area contributed by atoms with Crippen molar-refractivity contribution in [1.29, 1.82) is 0 Å². The van der Waals surface area contributed by atoms with Crippen molar-refractivity contribution in [3.63, 3.8) is 0 Å². The second-order valence-electron chi connectivity index (χ2n) is 10.9. The van der Waals surface area contributed by atoms with Crippen LogP contribution in [-0.4, -0.2) is 19.0 Å². The van der Waals surface area contributed by atoms with Crippen LogP contribution in [0.15, 0.2) is 184 Å². The van der Waals surface area contributed by atoms with E-state index < -0.39 is 11.9 Å². The topological polar surface area (TPSA) is 52.6 Å². The Kier molecular flexibility index (Phi) is 10.5.